The molecule has 0 bridgehead atoms. The van der Waals surface area contributed by atoms with Crippen LogP contribution in [0.3, 0.4) is 0 Å². The molecule has 0 aliphatic rings. The molecule has 0 rings (SSSR count). The van der Waals surface area contributed by atoms with Crippen LogP contribution in [0.25, 0.3) is 0 Å². The van der Waals surface area contributed by atoms with Gasteiger partial charge in [-0.25, -0.2) is 0 Å². The minimum Gasteiger partial charge on any atom is -0.284 e. The van der Waals surface area contributed by atoms with Gasteiger partial charge in [-0.1, -0.05) is 0 Å². The quantitative estimate of drug-likeness (QED) is 0.326. The van der Waals surface area contributed by atoms with Crippen LogP contribution in [0.1, 0.15) is 2.85 Å². The monoisotopic (exact) mass is 108 g/mol. The Bertz CT molecular complexity index is 35.9. The van der Waals surface area contributed by atoms with E-state index in [2.05, 4.69) is 0 Å². The molecule has 0 heterocycles. The van der Waals surface area contributed by atoms with Gasteiger partial charge in [0.2, 0.25) is 0 Å². The summed E-state index contributed by atoms with van der Waals surface area (Å²) in [5, 5.41) is 0. The predicted molar refractivity (Wildman–Crippen MR) is 21.4 cm³/mol. The third kappa shape index (κ3) is 55.6. The van der Waals surface area contributed by atoms with Gasteiger partial charge in [-0.2, -0.15) is 4.21 Å². The maximum atomic E-state index is 8.67. The fourth-order valence-electron chi connectivity index (χ4n) is 0. The van der Waals surface area contributed by atoms with E-state index in [0.29, 0.717) is 0 Å². The Hall–Kier alpha value is 0.836. The average Bonchev–Trinajstić information content (AvgIpc) is 0.811. The van der Waals surface area contributed by atoms with Crippen molar-refractivity contribution in [1.29, 1.82) is 0 Å². The van der Waals surface area contributed by atoms with Crippen molar-refractivity contribution in [3.8, 4) is 0 Å². The van der Waals surface area contributed by atoms with Crippen molar-refractivity contribution < 1.29 is 16.2 Å². The van der Waals surface area contributed by atoms with Gasteiger partial charge < -0.3 is 0 Å². The smallest absolute Gasteiger partial charge is 0.284 e. The topological polar surface area (TPSA) is 57.5 Å². The first-order chi connectivity index (χ1) is 1.73. The Kier molecular flexibility index (Phi) is 8.97. The second-order valence-electron chi connectivity index (χ2n) is 0.231. The molecule has 0 fully saturated rings. The van der Waals surface area contributed by atoms with Gasteiger partial charge in [0.1, 0.15) is 0 Å². The molecule has 5 heteroatoms. The van der Waals surface area contributed by atoms with Gasteiger partial charge in [-0.3, -0.25) is 9.11 Å². The summed E-state index contributed by atoms with van der Waals surface area (Å²) in [6, 6.07) is 0. The van der Waals surface area contributed by atoms with Crippen molar-refractivity contribution in [1.82, 2.24) is 0 Å². The molecule has 3 nitrogen and oxygen atoms in total. The molecule has 2 N–H and O–H groups in total. The van der Waals surface area contributed by atoms with Crippen molar-refractivity contribution >= 4 is 34.4 Å². The summed E-state index contributed by atoms with van der Waals surface area (Å²) in [6.07, 6.45) is 0. The third-order valence-electron chi connectivity index (χ3n) is 0. The minimum atomic E-state index is -2.61. The molecule has 26 valence electrons. The molecule has 0 saturated carbocycles. The first-order valence-electron chi connectivity index (χ1n) is 0.532. The fraction of sp³-hybridized carbons (Fsp3) is 0. The molecule has 5 heavy (non-hydrogen) atoms. The van der Waals surface area contributed by atoms with Gasteiger partial charge >= 0.3 is 25.9 Å². The van der Waals surface area contributed by atoms with Crippen molar-refractivity contribution in [3.63, 3.8) is 0 Å². The summed E-state index contributed by atoms with van der Waals surface area (Å²) >= 11 is -2.61. The SMILES string of the molecule is O=S(O)O.[H+].[H+].[Mg+2]. The van der Waals surface area contributed by atoms with Crippen LogP contribution in [0, 0.1) is 0 Å². The molecule has 0 aliphatic carbocycles. The van der Waals surface area contributed by atoms with Crippen LogP contribution in [0.5, 0.6) is 0 Å². The van der Waals surface area contributed by atoms with Crippen molar-refractivity contribution in [3.05, 3.63) is 0 Å². The zero-order chi connectivity index (χ0) is 3.58. The van der Waals surface area contributed by atoms with Crippen LogP contribution in [0.4, 0.5) is 0 Å². The van der Waals surface area contributed by atoms with E-state index < -0.39 is 11.4 Å². The van der Waals surface area contributed by atoms with Crippen molar-refractivity contribution in [2.75, 3.05) is 0 Å². The Morgan fingerprint density at radius 3 is 1.60 bits per heavy atom. The van der Waals surface area contributed by atoms with Crippen molar-refractivity contribution in [2.45, 2.75) is 0 Å². The Morgan fingerprint density at radius 1 is 1.60 bits per heavy atom. The number of hydrogen-bond donors (Lipinski definition) is 2. The van der Waals surface area contributed by atoms with Crippen molar-refractivity contribution in [2.24, 2.45) is 0 Å². The van der Waals surface area contributed by atoms with Crippen LogP contribution < -0.4 is 0 Å². The molecule has 0 aliphatic heterocycles. The van der Waals surface area contributed by atoms with Gasteiger partial charge in [0.05, 0.1) is 0 Å². The minimum absolute atomic E-state index is 0. The first-order valence-corrected chi connectivity index (χ1v) is 1.60. The molecule has 0 aromatic rings. The van der Waals surface area contributed by atoms with Gasteiger partial charge in [-0.05, 0) is 0 Å². The summed E-state index contributed by atoms with van der Waals surface area (Å²) in [5.41, 5.74) is 0. The van der Waals surface area contributed by atoms with Crippen LogP contribution in [-0.2, 0) is 11.4 Å². The average molecular weight is 108 g/mol. The molecule has 0 aromatic carbocycles. The summed E-state index contributed by atoms with van der Waals surface area (Å²) in [5.74, 6) is 0. The number of rotatable bonds is 0. The van der Waals surface area contributed by atoms with E-state index in [-0.39, 0.29) is 25.9 Å². The van der Waals surface area contributed by atoms with Gasteiger partial charge in [0, 0.05) is 0 Å². The molecule has 0 amide bonds. The molecule has 0 atom stereocenters. The molecule has 0 unspecified atom stereocenters. The molecule has 0 spiro atoms. The zero-order valence-electron chi connectivity index (χ0n) is 4.42. The second kappa shape index (κ2) is 4.84. The second-order valence-corrected chi connectivity index (χ2v) is 0.692. The molecule has 0 aromatic heterocycles. The van der Waals surface area contributed by atoms with E-state index >= 15 is 0 Å². The van der Waals surface area contributed by atoms with Crippen LogP contribution in [-0.4, -0.2) is 36.4 Å². The van der Waals surface area contributed by atoms with E-state index in [0.717, 1.165) is 0 Å². The maximum Gasteiger partial charge on any atom is 2.00 e. The largest absolute Gasteiger partial charge is 2.00 e. The van der Waals surface area contributed by atoms with Gasteiger partial charge in [0.15, 0.2) is 0 Å². The molecule has 0 radical (unpaired) electrons. The maximum absolute atomic E-state index is 8.67. The van der Waals surface area contributed by atoms with Crippen LogP contribution in [0.2, 0.25) is 0 Å². The molecular formula is H4MgO3S+4. The van der Waals surface area contributed by atoms with Crippen LogP contribution >= 0.6 is 0 Å². The molecule has 0 saturated heterocycles. The Morgan fingerprint density at radius 2 is 1.60 bits per heavy atom. The van der Waals surface area contributed by atoms with Crippen LogP contribution in [0.15, 0.2) is 0 Å². The summed E-state index contributed by atoms with van der Waals surface area (Å²) in [6.45, 7) is 0. The van der Waals surface area contributed by atoms with E-state index in [4.69, 9.17) is 13.3 Å². The van der Waals surface area contributed by atoms with E-state index in [1.54, 1.807) is 0 Å². The number of hydrogen-bond acceptors (Lipinski definition) is 1. The van der Waals surface area contributed by atoms with E-state index in [1.807, 2.05) is 0 Å². The Balaban J connectivity index is -0.0000000150. The van der Waals surface area contributed by atoms with Gasteiger partial charge in [-0.15, -0.1) is 0 Å². The normalized spacial score (nSPS) is 7.00. The van der Waals surface area contributed by atoms with Gasteiger partial charge in [0.25, 0.3) is 11.4 Å². The Labute approximate surface area is 51.0 Å². The molecular weight excluding hydrogens is 104 g/mol. The van der Waals surface area contributed by atoms with E-state index in [9.17, 15) is 0 Å². The summed E-state index contributed by atoms with van der Waals surface area (Å²) in [7, 11) is 0. The van der Waals surface area contributed by atoms with E-state index in [1.165, 1.54) is 0 Å². The first kappa shape index (κ1) is 9.28. The third-order valence-corrected chi connectivity index (χ3v) is 0. The summed E-state index contributed by atoms with van der Waals surface area (Å²) in [4.78, 5) is 0. The fourth-order valence-corrected chi connectivity index (χ4v) is 0. The zero-order valence-corrected chi connectivity index (χ0v) is 4.65. The predicted octanol–water partition coefficient (Wildman–Crippen LogP) is -0.475. The standard InChI is InChI=1S/Mg.H2O3S/c;1-4(2)3/h;(H2,1,2,3)/q+2;/p+2. The summed E-state index contributed by atoms with van der Waals surface area (Å²) < 4.78 is 22.8.